The van der Waals surface area contributed by atoms with Gasteiger partial charge in [0.25, 0.3) is 0 Å². The first kappa shape index (κ1) is 15.8. The van der Waals surface area contributed by atoms with E-state index in [1.807, 2.05) is 19.1 Å². The molecule has 0 aliphatic heterocycles. The van der Waals surface area contributed by atoms with Crippen LogP contribution in [0.15, 0.2) is 36.4 Å². The lowest BCUT2D eigenvalue weighted by atomic mass is 9.99. The smallest absolute Gasteiger partial charge is 0.227 e. The number of carbonyl (C=O) groups excluding carboxylic acids is 1. The molecule has 1 aromatic carbocycles. The van der Waals surface area contributed by atoms with Crippen LogP contribution in [-0.4, -0.2) is 11.9 Å². The normalized spacial score (nSPS) is 22.5. The van der Waals surface area contributed by atoms with Crippen LogP contribution in [0.3, 0.4) is 0 Å². The second kappa shape index (κ2) is 6.90. The van der Waals surface area contributed by atoms with Gasteiger partial charge in [-0.15, -0.1) is 0 Å². The highest BCUT2D eigenvalue weighted by Crippen LogP contribution is 2.20. The van der Waals surface area contributed by atoms with Crippen molar-refractivity contribution < 1.29 is 4.79 Å². The van der Waals surface area contributed by atoms with Crippen LogP contribution in [-0.2, 0) is 11.2 Å². The van der Waals surface area contributed by atoms with Gasteiger partial charge in [0.15, 0.2) is 0 Å². The summed E-state index contributed by atoms with van der Waals surface area (Å²) in [6.07, 6.45) is 5.63. The van der Waals surface area contributed by atoms with Gasteiger partial charge in [-0.3, -0.25) is 4.79 Å². The Morgan fingerprint density at radius 1 is 1.24 bits per heavy atom. The van der Waals surface area contributed by atoms with E-state index in [1.54, 1.807) is 0 Å². The standard InChI is InChI=1S/C18H26N2O/c1-12(2)10-14-4-6-15(7-5-14)13(3)20-18(21)16-8-9-17(19)11-16/h4-9,12-13,16-17H,10-11,19H2,1-3H3,(H,20,21). The molecule has 3 unspecified atom stereocenters. The van der Waals surface area contributed by atoms with Crippen LogP contribution in [0.1, 0.15) is 44.4 Å². The number of hydrogen-bond acceptors (Lipinski definition) is 2. The third-order valence-electron chi connectivity index (χ3n) is 3.94. The maximum atomic E-state index is 12.2. The van der Waals surface area contributed by atoms with Crippen molar-refractivity contribution in [3.63, 3.8) is 0 Å². The zero-order valence-electron chi connectivity index (χ0n) is 13.2. The zero-order chi connectivity index (χ0) is 15.4. The fourth-order valence-electron chi connectivity index (χ4n) is 2.74. The van der Waals surface area contributed by atoms with Gasteiger partial charge in [0, 0.05) is 6.04 Å². The molecule has 0 spiro atoms. The molecule has 3 atom stereocenters. The van der Waals surface area contributed by atoms with Crippen molar-refractivity contribution in [2.45, 2.75) is 45.7 Å². The third kappa shape index (κ3) is 4.43. The highest BCUT2D eigenvalue weighted by atomic mass is 16.1. The predicted octanol–water partition coefficient (Wildman–Crippen LogP) is 2.97. The summed E-state index contributed by atoms with van der Waals surface area (Å²) >= 11 is 0. The minimum Gasteiger partial charge on any atom is -0.349 e. The van der Waals surface area contributed by atoms with E-state index in [0.29, 0.717) is 12.3 Å². The van der Waals surface area contributed by atoms with Gasteiger partial charge in [-0.1, -0.05) is 50.3 Å². The molecule has 3 nitrogen and oxygen atoms in total. The van der Waals surface area contributed by atoms with E-state index >= 15 is 0 Å². The topological polar surface area (TPSA) is 55.1 Å². The average Bonchev–Trinajstić information content (AvgIpc) is 2.85. The van der Waals surface area contributed by atoms with Gasteiger partial charge in [0.05, 0.1) is 12.0 Å². The van der Waals surface area contributed by atoms with Crippen molar-refractivity contribution in [3.8, 4) is 0 Å². The molecule has 1 aromatic rings. The molecule has 2 rings (SSSR count). The van der Waals surface area contributed by atoms with Crippen LogP contribution in [0.25, 0.3) is 0 Å². The first-order chi connectivity index (χ1) is 9.95. The van der Waals surface area contributed by atoms with Crippen LogP contribution in [0.4, 0.5) is 0 Å². The molecule has 1 amide bonds. The molecule has 3 heteroatoms. The number of amides is 1. The maximum absolute atomic E-state index is 12.2. The van der Waals surface area contributed by atoms with Crippen LogP contribution in [0, 0.1) is 11.8 Å². The summed E-state index contributed by atoms with van der Waals surface area (Å²) in [5.41, 5.74) is 8.28. The van der Waals surface area contributed by atoms with Crippen molar-refractivity contribution >= 4 is 5.91 Å². The second-order valence-electron chi connectivity index (χ2n) is 6.46. The van der Waals surface area contributed by atoms with Gasteiger partial charge >= 0.3 is 0 Å². The SMILES string of the molecule is CC(C)Cc1ccc(C(C)NC(=O)C2C=CC(N)C2)cc1. The summed E-state index contributed by atoms with van der Waals surface area (Å²) in [5.74, 6) is 0.645. The van der Waals surface area contributed by atoms with Gasteiger partial charge in [0.2, 0.25) is 5.91 Å². The van der Waals surface area contributed by atoms with Crippen LogP contribution in [0.5, 0.6) is 0 Å². The second-order valence-corrected chi connectivity index (χ2v) is 6.46. The number of rotatable bonds is 5. The Morgan fingerprint density at radius 2 is 1.90 bits per heavy atom. The number of hydrogen-bond donors (Lipinski definition) is 2. The predicted molar refractivity (Wildman–Crippen MR) is 86.8 cm³/mol. The molecule has 3 N–H and O–H groups in total. The van der Waals surface area contributed by atoms with E-state index in [9.17, 15) is 4.79 Å². The number of carbonyl (C=O) groups is 1. The first-order valence-corrected chi connectivity index (χ1v) is 7.79. The largest absolute Gasteiger partial charge is 0.349 e. The number of nitrogens with one attached hydrogen (secondary N) is 1. The molecule has 0 saturated carbocycles. The summed E-state index contributed by atoms with van der Waals surface area (Å²) in [4.78, 5) is 12.2. The van der Waals surface area contributed by atoms with Crippen LogP contribution < -0.4 is 11.1 Å². The molecule has 21 heavy (non-hydrogen) atoms. The Balaban J connectivity index is 1.92. The van der Waals surface area contributed by atoms with Crippen molar-refractivity contribution in [3.05, 3.63) is 47.5 Å². The minimum absolute atomic E-state index is 0.0198. The van der Waals surface area contributed by atoms with Gasteiger partial charge in [-0.25, -0.2) is 0 Å². The molecule has 0 heterocycles. The van der Waals surface area contributed by atoms with E-state index in [4.69, 9.17) is 5.73 Å². The van der Waals surface area contributed by atoms with Crippen molar-refractivity contribution in [2.24, 2.45) is 17.6 Å². The molecule has 0 fully saturated rings. The first-order valence-electron chi connectivity index (χ1n) is 7.79. The quantitative estimate of drug-likeness (QED) is 0.818. The zero-order valence-corrected chi connectivity index (χ0v) is 13.2. The fourth-order valence-corrected chi connectivity index (χ4v) is 2.74. The summed E-state index contributed by atoms with van der Waals surface area (Å²) in [6.45, 7) is 6.46. The highest BCUT2D eigenvalue weighted by Gasteiger charge is 2.23. The number of nitrogens with two attached hydrogens (primary N) is 1. The molecular weight excluding hydrogens is 260 g/mol. The Bertz CT molecular complexity index is 504. The third-order valence-corrected chi connectivity index (χ3v) is 3.94. The minimum atomic E-state index is -0.0809. The van der Waals surface area contributed by atoms with Crippen molar-refractivity contribution in [1.29, 1.82) is 0 Å². The lowest BCUT2D eigenvalue weighted by Gasteiger charge is -2.17. The maximum Gasteiger partial charge on any atom is 0.227 e. The van der Waals surface area contributed by atoms with Gasteiger partial charge in [-0.05, 0) is 36.8 Å². The Kier molecular flexibility index (Phi) is 5.18. The Hall–Kier alpha value is -1.61. The monoisotopic (exact) mass is 286 g/mol. The van der Waals surface area contributed by atoms with E-state index in [2.05, 4.69) is 43.4 Å². The van der Waals surface area contributed by atoms with Crippen molar-refractivity contribution in [2.75, 3.05) is 0 Å². The molecule has 114 valence electrons. The molecule has 0 saturated heterocycles. The van der Waals surface area contributed by atoms with Crippen molar-refractivity contribution in [1.82, 2.24) is 5.32 Å². The van der Waals surface area contributed by atoms with E-state index in [0.717, 1.165) is 12.0 Å². The summed E-state index contributed by atoms with van der Waals surface area (Å²) in [6, 6.07) is 8.58. The highest BCUT2D eigenvalue weighted by molar-refractivity contribution is 5.81. The lowest BCUT2D eigenvalue weighted by molar-refractivity contribution is -0.124. The van der Waals surface area contributed by atoms with Gasteiger partial charge in [0.1, 0.15) is 0 Å². The van der Waals surface area contributed by atoms with E-state index < -0.39 is 0 Å². The fraction of sp³-hybridized carbons (Fsp3) is 0.500. The molecule has 1 aliphatic carbocycles. The van der Waals surface area contributed by atoms with Crippen LogP contribution >= 0.6 is 0 Å². The van der Waals surface area contributed by atoms with E-state index in [1.165, 1.54) is 5.56 Å². The molecule has 1 aliphatic rings. The molecule has 0 aromatic heterocycles. The van der Waals surface area contributed by atoms with Crippen LogP contribution in [0.2, 0.25) is 0 Å². The summed E-state index contributed by atoms with van der Waals surface area (Å²) < 4.78 is 0. The lowest BCUT2D eigenvalue weighted by Crippen LogP contribution is -2.32. The Morgan fingerprint density at radius 3 is 2.43 bits per heavy atom. The molecule has 0 radical (unpaired) electrons. The summed E-state index contributed by atoms with van der Waals surface area (Å²) in [5, 5.41) is 3.07. The molecule has 0 bridgehead atoms. The van der Waals surface area contributed by atoms with Gasteiger partial charge in [-0.2, -0.15) is 0 Å². The number of benzene rings is 1. The average molecular weight is 286 g/mol. The van der Waals surface area contributed by atoms with Gasteiger partial charge < -0.3 is 11.1 Å². The molecular formula is C18H26N2O. The van der Waals surface area contributed by atoms with E-state index in [-0.39, 0.29) is 23.9 Å². The summed E-state index contributed by atoms with van der Waals surface area (Å²) in [7, 11) is 0. The Labute approximate surface area is 127 Å².